The van der Waals surface area contributed by atoms with Crippen molar-refractivity contribution in [3.05, 3.63) is 0 Å². The summed E-state index contributed by atoms with van der Waals surface area (Å²) in [4.78, 5) is 22.4. The van der Waals surface area contributed by atoms with Crippen molar-refractivity contribution in [1.82, 2.24) is 0 Å². The largest absolute Gasteiger partial charge is 0.469 e. The number of hydrogen-bond donors (Lipinski definition) is 0. The van der Waals surface area contributed by atoms with Crippen LogP contribution in [0.1, 0.15) is 19.3 Å². The molecule has 0 aromatic heterocycles. The first kappa shape index (κ1) is 12.9. The molecule has 6 heteroatoms. The molecule has 1 rings (SSSR count). The molecular weight excluding hydrogens is 222 g/mol. The number of methoxy groups -OCH3 is 2. The van der Waals surface area contributed by atoms with Crippen molar-refractivity contribution < 1.29 is 27.8 Å². The van der Waals surface area contributed by atoms with E-state index in [-0.39, 0.29) is 6.42 Å². The molecule has 0 spiro atoms. The highest BCUT2D eigenvalue weighted by molar-refractivity contribution is 5.76. The maximum absolute atomic E-state index is 13.3. The lowest BCUT2D eigenvalue weighted by atomic mass is 9.79. The molecule has 1 fully saturated rings. The molecule has 0 saturated heterocycles. The number of carbonyl (C=O) groups excluding carboxylic acids is 2. The summed E-state index contributed by atoms with van der Waals surface area (Å²) in [6, 6.07) is 0. The molecule has 0 bridgehead atoms. The fraction of sp³-hybridized carbons (Fsp3) is 0.800. The zero-order valence-corrected chi connectivity index (χ0v) is 9.16. The molecule has 16 heavy (non-hydrogen) atoms. The minimum absolute atomic E-state index is 0.0644. The second-order valence-electron chi connectivity index (χ2n) is 3.94. The SMILES string of the molecule is COC(=O)C1CC(C(=O)OC)CC(F)(F)C1. The lowest BCUT2D eigenvalue weighted by Gasteiger charge is -2.31. The third-order valence-electron chi connectivity index (χ3n) is 2.73. The van der Waals surface area contributed by atoms with Crippen LogP contribution in [0.25, 0.3) is 0 Å². The molecule has 0 aliphatic heterocycles. The van der Waals surface area contributed by atoms with Gasteiger partial charge in [0.05, 0.1) is 26.1 Å². The summed E-state index contributed by atoms with van der Waals surface area (Å²) < 4.78 is 35.4. The van der Waals surface area contributed by atoms with Crippen LogP contribution >= 0.6 is 0 Å². The monoisotopic (exact) mass is 236 g/mol. The molecule has 0 N–H and O–H groups in total. The van der Waals surface area contributed by atoms with Gasteiger partial charge < -0.3 is 9.47 Å². The first-order valence-electron chi connectivity index (χ1n) is 4.93. The van der Waals surface area contributed by atoms with Crippen LogP contribution in [0.3, 0.4) is 0 Å². The molecule has 1 aliphatic rings. The lowest BCUT2D eigenvalue weighted by molar-refractivity contribution is -0.163. The Hall–Kier alpha value is -1.20. The average molecular weight is 236 g/mol. The Kier molecular flexibility index (Phi) is 3.83. The maximum atomic E-state index is 13.3. The molecule has 0 heterocycles. The van der Waals surface area contributed by atoms with Gasteiger partial charge >= 0.3 is 11.9 Å². The van der Waals surface area contributed by atoms with Gasteiger partial charge in [-0.25, -0.2) is 8.78 Å². The van der Waals surface area contributed by atoms with Gasteiger partial charge in [-0.15, -0.1) is 0 Å². The van der Waals surface area contributed by atoms with Crippen LogP contribution in [-0.4, -0.2) is 32.1 Å². The Labute approximate surface area is 91.9 Å². The quantitative estimate of drug-likeness (QED) is 0.680. The zero-order valence-electron chi connectivity index (χ0n) is 9.16. The number of rotatable bonds is 2. The Balaban J connectivity index is 2.77. The van der Waals surface area contributed by atoms with Gasteiger partial charge in [-0.2, -0.15) is 0 Å². The highest BCUT2D eigenvalue weighted by Gasteiger charge is 2.46. The van der Waals surface area contributed by atoms with Crippen molar-refractivity contribution in [3.8, 4) is 0 Å². The highest BCUT2D eigenvalue weighted by Crippen LogP contribution is 2.40. The van der Waals surface area contributed by atoms with Crippen LogP contribution in [0.2, 0.25) is 0 Å². The van der Waals surface area contributed by atoms with E-state index in [0.29, 0.717) is 0 Å². The number of hydrogen-bond acceptors (Lipinski definition) is 4. The van der Waals surface area contributed by atoms with E-state index < -0.39 is 42.5 Å². The molecule has 0 aromatic carbocycles. The predicted octanol–water partition coefficient (Wildman–Crippen LogP) is 1.38. The standard InChI is InChI=1S/C10H14F2O4/c1-15-8(13)6-3-7(9(14)16-2)5-10(11,12)4-6/h6-7H,3-5H2,1-2H3. The minimum atomic E-state index is -3.02. The summed E-state index contributed by atoms with van der Waals surface area (Å²) in [5.41, 5.74) is 0. The van der Waals surface area contributed by atoms with Gasteiger partial charge in [-0.1, -0.05) is 0 Å². The van der Waals surface area contributed by atoms with E-state index in [1.807, 2.05) is 0 Å². The summed E-state index contributed by atoms with van der Waals surface area (Å²) in [6.07, 6.45) is -1.06. The second-order valence-corrected chi connectivity index (χ2v) is 3.94. The molecule has 1 saturated carbocycles. The predicted molar refractivity (Wildman–Crippen MR) is 49.8 cm³/mol. The third-order valence-corrected chi connectivity index (χ3v) is 2.73. The van der Waals surface area contributed by atoms with Gasteiger partial charge in [0.1, 0.15) is 0 Å². The van der Waals surface area contributed by atoms with Crippen LogP contribution in [0.4, 0.5) is 8.78 Å². The topological polar surface area (TPSA) is 52.6 Å². The lowest BCUT2D eigenvalue weighted by Crippen LogP contribution is -2.39. The Bertz CT molecular complexity index is 265. The first-order valence-corrected chi connectivity index (χ1v) is 4.93. The van der Waals surface area contributed by atoms with Crippen molar-refractivity contribution in [1.29, 1.82) is 0 Å². The van der Waals surface area contributed by atoms with Gasteiger partial charge in [0, 0.05) is 12.8 Å². The number of alkyl halides is 2. The van der Waals surface area contributed by atoms with Crippen molar-refractivity contribution >= 4 is 11.9 Å². The summed E-state index contributed by atoms with van der Waals surface area (Å²) in [7, 11) is 2.28. The molecule has 0 amide bonds. The van der Waals surface area contributed by atoms with E-state index in [2.05, 4.69) is 9.47 Å². The molecule has 0 aromatic rings. The molecule has 1 aliphatic carbocycles. The molecule has 2 atom stereocenters. The van der Waals surface area contributed by atoms with Gasteiger partial charge in [-0.3, -0.25) is 9.59 Å². The summed E-state index contributed by atoms with van der Waals surface area (Å²) >= 11 is 0. The van der Waals surface area contributed by atoms with Crippen molar-refractivity contribution in [2.75, 3.05) is 14.2 Å². The fourth-order valence-corrected chi connectivity index (χ4v) is 2.01. The van der Waals surface area contributed by atoms with Gasteiger partial charge in [0.2, 0.25) is 5.92 Å². The third kappa shape index (κ3) is 2.90. The Morgan fingerprint density at radius 3 is 1.75 bits per heavy atom. The number of carbonyl (C=O) groups is 2. The summed E-state index contributed by atoms with van der Waals surface area (Å²) in [5, 5.41) is 0. The average Bonchev–Trinajstić information content (AvgIpc) is 2.24. The van der Waals surface area contributed by atoms with Crippen LogP contribution in [-0.2, 0) is 19.1 Å². The van der Waals surface area contributed by atoms with Gasteiger partial charge in [0.25, 0.3) is 0 Å². The van der Waals surface area contributed by atoms with Crippen LogP contribution in [0.5, 0.6) is 0 Å². The molecule has 92 valence electrons. The molecular formula is C10H14F2O4. The van der Waals surface area contributed by atoms with Crippen molar-refractivity contribution in [2.24, 2.45) is 11.8 Å². The Morgan fingerprint density at radius 1 is 1.06 bits per heavy atom. The van der Waals surface area contributed by atoms with E-state index in [0.717, 1.165) is 14.2 Å². The molecule has 2 unspecified atom stereocenters. The van der Waals surface area contributed by atoms with E-state index in [9.17, 15) is 18.4 Å². The van der Waals surface area contributed by atoms with Gasteiger partial charge in [-0.05, 0) is 6.42 Å². The van der Waals surface area contributed by atoms with Crippen LogP contribution in [0.15, 0.2) is 0 Å². The summed E-state index contributed by atoms with van der Waals surface area (Å²) in [6.45, 7) is 0. The van der Waals surface area contributed by atoms with E-state index in [4.69, 9.17) is 0 Å². The number of esters is 2. The smallest absolute Gasteiger partial charge is 0.308 e. The maximum Gasteiger partial charge on any atom is 0.308 e. The number of halogens is 2. The first-order chi connectivity index (χ1) is 7.39. The second kappa shape index (κ2) is 4.76. The van der Waals surface area contributed by atoms with Gasteiger partial charge in [0.15, 0.2) is 0 Å². The summed E-state index contributed by atoms with van der Waals surface area (Å²) in [5.74, 6) is -6.28. The minimum Gasteiger partial charge on any atom is -0.469 e. The zero-order chi connectivity index (χ0) is 12.3. The van der Waals surface area contributed by atoms with E-state index >= 15 is 0 Å². The van der Waals surface area contributed by atoms with Crippen LogP contribution < -0.4 is 0 Å². The van der Waals surface area contributed by atoms with E-state index in [1.54, 1.807) is 0 Å². The normalized spacial score (nSPS) is 28.2. The number of ether oxygens (including phenoxy) is 2. The van der Waals surface area contributed by atoms with E-state index in [1.165, 1.54) is 0 Å². The van der Waals surface area contributed by atoms with Crippen LogP contribution in [0, 0.1) is 11.8 Å². The molecule has 0 radical (unpaired) electrons. The van der Waals surface area contributed by atoms with Crippen molar-refractivity contribution in [2.45, 2.75) is 25.2 Å². The highest BCUT2D eigenvalue weighted by atomic mass is 19.3. The molecule has 4 nitrogen and oxygen atoms in total. The fourth-order valence-electron chi connectivity index (χ4n) is 2.01. The Morgan fingerprint density at radius 2 is 1.44 bits per heavy atom. The van der Waals surface area contributed by atoms with Crippen molar-refractivity contribution in [3.63, 3.8) is 0 Å².